The van der Waals surface area contributed by atoms with E-state index in [2.05, 4.69) is 31.2 Å². The molecule has 0 aliphatic heterocycles. The summed E-state index contributed by atoms with van der Waals surface area (Å²) in [7, 11) is 0. The van der Waals surface area contributed by atoms with Crippen LogP contribution in [0, 0.1) is 11.3 Å². The van der Waals surface area contributed by atoms with Crippen LogP contribution in [-0.4, -0.2) is 23.5 Å². The molecule has 0 aromatic carbocycles. The summed E-state index contributed by atoms with van der Waals surface area (Å²) < 4.78 is 0. The molecule has 0 radical (unpaired) electrons. The highest BCUT2D eigenvalue weighted by Crippen LogP contribution is 2.22. The van der Waals surface area contributed by atoms with E-state index in [4.69, 9.17) is 10.9 Å². The fourth-order valence-electron chi connectivity index (χ4n) is 1.64. The molecule has 0 aromatic heterocycles. The Morgan fingerprint density at radius 1 is 1.44 bits per heavy atom. The summed E-state index contributed by atoms with van der Waals surface area (Å²) in [5, 5.41) is 14.2. The molecule has 5 nitrogen and oxygen atoms in total. The number of hydrogen-bond acceptors (Lipinski definition) is 3. The number of amides is 1. The Balaban J connectivity index is 4.10. The molecule has 0 saturated carbocycles. The van der Waals surface area contributed by atoms with Gasteiger partial charge in [-0.15, -0.1) is 0 Å². The topological polar surface area (TPSA) is 87.7 Å². The average molecular weight is 257 g/mol. The highest BCUT2D eigenvalue weighted by Gasteiger charge is 2.22. The average Bonchev–Trinajstić information content (AvgIpc) is 2.34. The van der Waals surface area contributed by atoms with Gasteiger partial charge in [-0.2, -0.15) is 0 Å². The molecule has 0 spiro atoms. The molecule has 0 aliphatic carbocycles. The number of carbonyl (C=O) groups excluding carboxylic acids is 1. The number of hydrogen-bond donors (Lipinski definition) is 3. The van der Waals surface area contributed by atoms with E-state index in [1.165, 1.54) is 19.3 Å². The minimum Gasteiger partial charge on any atom is -0.409 e. The molecule has 0 fully saturated rings. The normalized spacial score (nSPS) is 14.3. The van der Waals surface area contributed by atoms with E-state index in [-0.39, 0.29) is 17.2 Å². The first-order valence-electron chi connectivity index (χ1n) is 6.59. The Labute approximate surface area is 110 Å². The van der Waals surface area contributed by atoms with Gasteiger partial charge in [0.2, 0.25) is 5.91 Å². The fraction of sp³-hybridized carbons (Fsp3) is 0.846. The highest BCUT2D eigenvalue weighted by molar-refractivity contribution is 6.01. The Morgan fingerprint density at radius 2 is 2.06 bits per heavy atom. The number of oxime groups is 1. The van der Waals surface area contributed by atoms with Gasteiger partial charge < -0.3 is 16.3 Å². The summed E-state index contributed by atoms with van der Waals surface area (Å²) in [6, 6.07) is 0. The molecular weight excluding hydrogens is 230 g/mol. The van der Waals surface area contributed by atoms with Crippen molar-refractivity contribution in [1.82, 2.24) is 5.32 Å². The van der Waals surface area contributed by atoms with E-state index in [0.717, 1.165) is 6.42 Å². The van der Waals surface area contributed by atoms with Crippen molar-refractivity contribution in [2.45, 2.75) is 53.4 Å². The quantitative estimate of drug-likeness (QED) is 0.204. The summed E-state index contributed by atoms with van der Waals surface area (Å²) in [5.41, 5.74) is 5.47. The zero-order chi connectivity index (χ0) is 14.2. The molecule has 0 rings (SSSR count). The van der Waals surface area contributed by atoms with Crippen LogP contribution < -0.4 is 11.1 Å². The largest absolute Gasteiger partial charge is 0.409 e. The van der Waals surface area contributed by atoms with E-state index < -0.39 is 5.92 Å². The molecule has 4 N–H and O–H groups in total. The van der Waals surface area contributed by atoms with Crippen LogP contribution in [0.4, 0.5) is 0 Å². The molecule has 0 heterocycles. The van der Waals surface area contributed by atoms with Gasteiger partial charge in [-0.25, -0.2) is 0 Å². The van der Waals surface area contributed by atoms with E-state index in [1.54, 1.807) is 6.92 Å². The van der Waals surface area contributed by atoms with Crippen molar-refractivity contribution in [1.29, 1.82) is 0 Å². The number of rotatable bonds is 8. The molecule has 106 valence electrons. The van der Waals surface area contributed by atoms with Crippen LogP contribution in [0.5, 0.6) is 0 Å². The third kappa shape index (κ3) is 6.47. The molecule has 1 unspecified atom stereocenters. The summed E-state index contributed by atoms with van der Waals surface area (Å²) in [6.45, 7) is 8.68. The summed E-state index contributed by atoms with van der Waals surface area (Å²) >= 11 is 0. The Bertz CT molecular complexity index is 288. The SMILES string of the molecule is CCCCCC(C)(C)CNC(=O)C(C)C(N)=NO. The molecule has 1 atom stereocenters. The summed E-state index contributed by atoms with van der Waals surface area (Å²) in [4.78, 5) is 11.7. The van der Waals surface area contributed by atoms with Gasteiger partial charge in [-0.1, -0.05) is 45.2 Å². The third-order valence-electron chi connectivity index (χ3n) is 3.15. The van der Waals surface area contributed by atoms with Gasteiger partial charge >= 0.3 is 0 Å². The smallest absolute Gasteiger partial charge is 0.230 e. The lowest BCUT2D eigenvalue weighted by Gasteiger charge is -2.25. The van der Waals surface area contributed by atoms with Crippen molar-refractivity contribution < 1.29 is 10.0 Å². The standard InChI is InChI=1S/C13H27N3O2/c1-5-6-7-8-13(3,4)9-15-12(17)10(2)11(14)16-18/h10,18H,5-9H2,1-4H3,(H2,14,16)(H,15,17). The van der Waals surface area contributed by atoms with Crippen molar-refractivity contribution in [2.24, 2.45) is 22.2 Å². The number of unbranched alkanes of at least 4 members (excludes halogenated alkanes) is 2. The van der Waals surface area contributed by atoms with Crippen molar-refractivity contribution >= 4 is 11.7 Å². The van der Waals surface area contributed by atoms with Crippen LogP contribution in [0.2, 0.25) is 0 Å². The number of nitrogens with two attached hydrogens (primary N) is 1. The third-order valence-corrected chi connectivity index (χ3v) is 3.15. The van der Waals surface area contributed by atoms with Crippen LogP contribution in [0.25, 0.3) is 0 Å². The lowest BCUT2D eigenvalue weighted by atomic mass is 9.86. The van der Waals surface area contributed by atoms with Gasteiger partial charge in [-0.3, -0.25) is 4.79 Å². The lowest BCUT2D eigenvalue weighted by molar-refractivity contribution is -0.123. The second kappa shape index (κ2) is 7.95. The van der Waals surface area contributed by atoms with Gasteiger partial charge in [-0.05, 0) is 18.8 Å². The van der Waals surface area contributed by atoms with E-state index in [1.807, 2.05) is 0 Å². The minimum absolute atomic E-state index is 0.0590. The maximum atomic E-state index is 11.7. The van der Waals surface area contributed by atoms with Crippen LogP contribution >= 0.6 is 0 Å². The number of nitrogens with zero attached hydrogens (tertiary/aromatic N) is 1. The first-order chi connectivity index (χ1) is 8.34. The van der Waals surface area contributed by atoms with Gasteiger partial charge in [0.15, 0.2) is 5.84 Å². The van der Waals surface area contributed by atoms with E-state index in [9.17, 15) is 4.79 Å². The molecule has 18 heavy (non-hydrogen) atoms. The van der Waals surface area contributed by atoms with Crippen molar-refractivity contribution in [3.05, 3.63) is 0 Å². The molecule has 0 aromatic rings. The number of nitrogens with one attached hydrogen (secondary N) is 1. The minimum atomic E-state index is -0.596. The van der Waals surface area contributed by atoms with E-state index >= 15 is 0 Å². The molecule has 0 bridgehead atoms. The Hall–Kier alpha value is -1.26. The predicted octanol–water partition coefficient (Wildman–Crippen LogP) is 2.09. The molecule has 0 aliphatic rings. The predicted molar refractivity (Wildman–Crippen MR) is 73.5 cm³/mol. The monoisotopic (exact) mass is 257 g/mol. The van der Waals surface area contributed by atoms with Crippen molar-refractivity contribution in [3.8, 4) is 0 Å². The second-order valence-corrected chi connectivity index (χ2v) is 5.59. The highest BCUT2D eigenvalue weighted by atomic mass is 16.4. The fourth-order valence-corrected chi connectivity index (χ4v) is 1.64. The summed E-state index contributed by atoms with van der Waals surface area (Å²) in [5.74, 6) is -0.855. The Kier molecular flexibility index (Phi) is 7.39. The van der Waals surface area contributed by atoms with Crippen LogP contribution in [0.15, 0.2) is 5.16 Å². The number of carbonyl (C=O) groups is 1. The van der Waals surface area contributed by atoms with Crippen LogP contribution in [0.3, 0.4) is 0 Å². The molecule has 1 amide bonds. The first kappa shape index (κ1) is 16.7. The van der Waals surface area contributed by atoms with Crippen molar-refractivity contribution in [3.63, 3.8) is 0 Å². The van der Waals surface area contributed by atoms with E-state index in [0.29, 0.717) is 6.54 Å². The summed E-state index contributed by atoms with van der Waals surface area (Å²) in [6.07, 6.45) is 4.68. The second-order valence-electron chi connectivity index (χ2n) is 5.59. The molecule has 0 saturated heterocycles. The van der Waals surface area contributed by atoms with Gasteiger partial charge in [0, 0.05) is 6.54 Å². The Morgan fingerprint density at radius 3 is 2.56 bits per heavy atom. The lowest BCUT2D eigenvalue weighted by Crippen LogP contribution is -2.41. The van der Waals surface area contributed by atoms with Gasteiger partial charge in [0.1, 0.15) is 0 Å². The number of amidine groups is 1. The van der Waals surface area contributed by atoms with Crippen molar-refractivity contribution in [2.75, 3.05) is 6.54 Å². The maximum Gasteiger partial charge on any atom is 0.230 e. The van der Waals surface area contributed by atoms with Gasteiger partial charge in [0.05, 0.1) is 5.92 Å². The first-order valence-corrected chi connectivity index (χ1v) is 6.59. The van der Waals surface area contributed by atoms with Crippen LogP contribution in [-0.2, 0) is 4.79 Å². The van der Waals surface area contributed by atoms with Gasteiger partial charge in [0.25, 0.3) is 0 Å². The maximum absolute atomic E-state index is 11.7. The zero-order valence-electron chi connectivity index (χ0n) is 12.0. The zero-order valence-corrected chi connectivity index (χ0v) is 12.0. The molecular formula is C13H27N3O2. The van der Waals surface area contributed by atoms with Crippen LogP contribution in [0.1, 0.15) is 53.4 Å². The molecule has 5 heteroatoms.